The molecule has 4 atom stereocenters. The van der Waals surface area contributed by atoms with Crippen LogP contribution in [0.3, 0.4) is 0 Å². The minimum atomic E-state index is -0.0875. The molecular formula is C16H24FN. The van der Waals surface area contributed by atoms with Gasteiger partial charge in [0.25, 0.3) is 0 Å². The summed E-state index contributed by atoms with van der Waals surface area (Å²) in [6.07, 6.45) is 3.43. The lowest BCUT2D eigenvalue weighted by Gasteiger charge is -2.26. The number of halogens is 1. The van der Waals surface area contributed by atoms with Crippen LogP contribution in [0, 0.1) is 17.7 Å². The molecule has 1 N–H and O–H groups in total. The van der Waals surface area contributed by atoms with E-state index >= 15 is 0 Å². The molecule has 1 nitrogen and oxygen atoms in total. The first-order valence-corrected chi connectivity index (χ1v) is 7.14. The van der Waals surface area contributed by atoms with Gasteiger partial charge in [-0.3, -0.25) is 0 Å². The van der Waals surface area contributed by atoms with E-state index in [1.807, 2.05) is 12.1 Å². The van der Waals surface area contributed by atoms with Crippen LogP contribution in [0.4, 0.5) is 4.39 Å². The summed E-state index contributed by atoms with van der Waals surface area (Å²) in [7, 11) is 0. The Hall–Kier alpha value is -0.890. The number of rotatable bonds is 4. The van der Waals surface area contributed by atoms with Crippen LogP contribution in [0.2, 0.25) is 0 Å². The van der Waals surface area contributed by atoms with E-state index in [0.29, 0.717) is 12.0 Å². The van der Waals surface area contributed by atoms with Gasteiger partial charge in [-0.25, -0.2) is 4.39 Å². The van der Waals surface area contributed by atoms with Crippen molar-refractivity contribution < 1.29 is 4.39 Å². The van der Waals surface area contributed by atoms with Crippen LogP contribution in [-0.2, 0) is 0 Å². The molecule has 2 heteroatoms. The van der Waals surface area contributed by atoms with E-state index in [1.54, 1.807) is 12.1 Å². The predicted octanol–water partition coefficient (Wildman–Crippen LogP) is 4.30. The summed E-state index contributed by atoms with van der Waals surface area (Å²) >= 11 is 0. The normalized spacial score (nSPS) is 29.4. The van der Waals surface area contributed by atoms with Gasteiger partial charge < -0.3 is 5.32 Å². The average Bonchev–Trinajstić information content (AvgIpc) is 2.68. The zero-order chi connectivity index (χ0) is 13.1. The molecular weight excluding hydrogens is 225 g/mol. The highest BCUT2D eigenvalue weighted by Crippen LogP contribution is 2.33. The summed E-state index contributed by atoms with van der Waals surface area (Å²) in [6.45, 7) is 6.74. The lowest BCUT2D eigenvalue weighted by molar-refractivity contribution is 0.331. The van der Waals surface area contributed by atoms with Crippen LogP contribution in [0.15, 0.2) is 24.3 Å². The van der Waals surface area contributed by atoms with E-state index in [0.717, 1.165) is 17.9 Å². The average molecular weight is 249 g/mol. The highest BCUT2D eigenvalue weighted by molar-refractivity contribution is 5.21. The zero-order valence-electron chi connectivity index (χ0n) is 11.6. The highest BCUT2D eigenvalue weighted by Gasteiger charge is 2.31. The minimum absolute atomic E-state index is 0.0875. The Kier molecular flexibility index (Phi) is 4.39. The monoisotopic (exact) mass is 249 g/mol. The van der Waals surface area contributed by atoms with Gasteiger partial charge in [0, 0.05) is 17.6 Å². The number of nitrogens with one attached hydrogen (secondary N) is 1. The summed E-state index contributed by atoms with van der Waals surface area (Å²) < 4.78 is 13.8. The smallest absolute Gasteiger partial charge is 0.127 e. The van der Waals surface area contributed by atoms with Gasteiger partial charge in [-0.1, -0.05) is 39.0 Å². The van der Waals surface area contributed by atoms with Crippen molar-refractivity contribution in [3.8, 4) is 0 Å². The Bertz CT molecular complexity index is 390. The van der Waals surface area contributed by atoms with Gasteiger partial charge in [-0.2, -0.15) is 0 Å². The topological polar surface area (TPSA) is 12.0 Å². The first kappa shape index (κ1) is 13.5. The number of benzene rings is 1. The van der Waals surface area contributed by atoms with Crippen molar-refractivity contribution in [2.45, 2.75) is 52.1 Å². The summed E-state index contributed by atoms with van der Waals surface area (Å²) in [5.41, 5.74) is 0.812. The third-order valence-electron chi connectivity index (χ3n) is 4.57. The quantitative estimate of drug-likeness (QED) is 0.839. The molecule has 1 fully saturated rings. The Morgan fingerprint density at radius 3 is 2.56 bits per heavy atom. The van der Waals surface area contributed by atoms with Crippen molar-refractivity contribution in [2.75, 3.05) is 0 Å². The summed E-state index contributed by atoms with van der Waals surface area (Å²) in [5, 5.41) is 3.66. The van der Waals surface area contributed by atoms with Crippen LogP contribution in [0.5, 0.6) is 0 Å². The van der Waals surface area contributed by atoms with E-state index in [-0.39, 0.29) is 11.9 Å². The summed E-state index contributed by atoms with van der Waals surface area (Å²) in [4.78, 5) is 0. The SMILES string of the molecule is CCC(NC1CCC(C)C1C)c1ccccc1F. The maximum absolute atomic E-state index is 13.8. The van der Waals surface area contributed by atoms with E-state index in [9.17, 15) is 4.39 Å². The van der Waals surface area contributed by atoms with E-state index in [2.05, 4.69) is 26.1 Å². The van der Waals surface area contributed by atoms with Crippen molar-refractivity contribution in [1.29, 1.82) is 0 Å². The molecule has 0 amide bonds. The second kappa shape index (κ2) is 5.83. The molecule has 1 aromatic carbocycles. The molecule has 0 radical (unpaired) electrons. The fourth-order valence-electron chi connectivity index (χ4n) is 3.04. The van der Waals surface area contributed by atoms with E-state index < -0.39 is 0 Å². The molecule has 1 aliphatic rings. The summed E-state index contributed by atoms with van der Waals surface area (Å²) in [6, 6.07) is 7.81. The maximum Gasteiger partial charge on any atom is 0.127 e. The number of hydrogen-bond acceptors (Lipinski definition) is 1. The molecule has 0 aliphatic heterocycles. The standard InChI is InChI=1S/C16H24FN/c1-4-15(13-7-5-6-8-14(13)17)18-16-10-9-11(2)12(16)3/h5-8,11-12,15-16,18H,4,9-10H2,1-3H3. The van der Waals surface area contributed by atoms with Crippen LogP contribution in [-0.4, -0.2) is 6.04 Å². The minimum Gasteiger partial charge on any atom is -0.307 e. The van der Waals surface area contributed by atoms with Crippen LogP contribution in [0.25, 0.3) is 0 Å². The van der Waals surface area contributed by atoms with Gasteiger partial charge in [-0.15, -0.1) is 0 Å². The highest BCUT2D eigenvalue weighted by atomic mass is 19.1. The molecule has 100 valence electrons. The molecule has 2 rings (SSSR count). The lowest BCUT2D eigenvalue weighted by Crippen LogP contribution is -2.35. The molecule has 1 saturated carbocycles. The van der Waals surface area contributed by atoms with Crippen molar-refractivity contribution in [3.63, 3.8) is 0 Å². The Morgan fingerprint density at radius 2 is 2.00 bits per heavy atom. The second-order valence-electron chi connectivity index (χ2n) is 5.67. The molecule has 1 aromatic rings. The van der Waals surface area contributed by atoms with Gasteiger partial charge in [0.15, 0.2) is 0 Å². The summed E-state index contributed by atoms with van der Waals surface area (Å²) in [5.74, 6) is 1.38. The molecule has 4 unspecified atom stereocenters. The largest absolute Gasteiger partial charge is 0.307 e. The van der Waals surface area contributed by atoms with Crippen molar-refractivity contribution in [3.05, 3.63) is 35.6 Å². The van der Waals surface area contributed by atoms with Gasteiger partial charge in [0.2, 0.25) is 0 Å². The molecule has 0 heterocycles. The molecule has 0 saturated heterocycles. The van der Waals surface area contributed by atoms with Crippen molar-refractivity contribution in [1.82, 2.24) is 5.32 Å². The van der Waals surface area contributed by atoms with Gasteiger partial charge in [-0.05, 0) is 37.2 Å². The Morgan fingerprint density at radius 1 is 1.28 bits per heavy atom. The van der Waals surface area contributed by atoms with E-state index in [1.165, 1.54) is 12.8 Å². The van der Waals surface area contributed by atoms with Crippen LogP contribution >= 0.6 is 0 Å². The molecule has 0 spiro atoms. The molecule has 18 heavy (non-hydrogen) atoms. The maximum atomic E-state index is 13.8. The predicted molar refractivity (Wildman–Crippen MR) is 73.9 cm³/mol. The van der Waals surface area contributed by atoms with Gasteiger partial charge in [0.1, 0.15) is 5.82 Å². The van der Waals surface area contributed by atoms with Crippen molar-refractivity contribution in [2.24, 2.45) is 11.8 Å². The van der Waals surface area contributed by atoms with E-state index in [4.69, 9.17) is 0 Å². The zero-order valence-corrected chi connectivity index (χ0v) is 11.6. The fourth-order valence-corrected chi connectivity index (χ4v) is 3.04. The third-order valence-corrected chi connectivity index (χ3v) is 4.57. The molecule has 0 aromatic heterocycles. The number of hydrogen-bond donors (Lipinski definition) is 1. The lowest BCUT2D eigenvalue weighted by atomic mass is 9.95. The Labute approximate surface area is 110 Å². The van der Waals surface area contributed by atoms with Crippen LogP contribution in [0.1, 0.15) is 51.6 Å². The van der Waals surface area contributed by atoms with Crippen molar-refractivity contribution >= 4 is 0 Å². The van der Waals surface area contributed by atoms with Crippen LogP contribution < -0.4 is 5.32 Å². The molecule has 1 aliphatic carbocycles. The third kappa shape index (κ3) is 2.74. The first-order chi connectivity index (χ1) is 8.63. The fraction of sp³-hybridized carbons (Fsp3) is 0.625. The van der Waals surface area contributed by atoms with Gasteiger partial charge >= 0.3 is 0 Å². The molecule has 0 bridgehead atoms. The second-order valence-corrected chi connectivity index (χ2v) is 5.67. The Balaban J connectivity index is 2.09. The van der Waals surface area contributed by atoms with Gasteiger partial charge in [0.05, 0.1) is 0 Å². The first-order valence-electron chi connectivity index (χ1n) is 7.14.